The van der Waals surface area contributed by atoms with Gasteiger partial charge in [0.1, 0.15) is 11.6 Å². The molecule has 1 aliphatic rings. The largest absolute Gasteiger partial charge is 0.507 e. The first-order valence-electron chi connectivity index (χ1n) is 6.46. The second-order valence-corrected chi connectivity index (χ2v) is 5.05. The summed E-state index contributed by atoms with van der Waals surface area (Å²) in [6, 6.07) is 1.79. The SMILES string of the molecule is CC(=O)c1cc(F)cc(CN2CCCC2C(N)=O)c1O. The minimum atomic E-state index is -0.585. The Morgan fingerprint density at radius 1 is 1.50 bits per heavy atom. The van der Waals surface area contributed by atoms with Crippen LogP contribution in [0.3, 0.4) is 0 Å². The number of benzene rings is 1. The molecule has 0 aliphatic carbocycles. The topological polar surface area (TPSA) is 83.6 Å². The lowest BCUT2D eigenvalue weighted by Crippen LogP contribution is -2.39. The summed E-state index contributed by atoms with van der Waals surface area (Å²) >= 11 is 0. The van der Waals surface area contributed by atoms with Crippen molar-refractivity contribution in [2.75, 3.05) is 6.54 Å². The lowest BCUT2D eigenvalue weighted by molar-refractivity contribution is -0.122. The van der Waals surface area contributed by atoms with E-state index < -0.39 is 23.5 Å². The standard InChI is InChI=1S/C14H17FN2O3/c1-8(18)11-6-10(15)5-9(13(11)19)7-17-4-2-3-12(17)14(16)20/h5-6,12,19H,2-4,7H2,1H3,(H2,16,20). The van der Waals surface area contributed by atoms with Crippen LogP contribution in [0.25, 0.3) is 0 Å². The summed E-state index contributed by atoms with van der Waals surface area (Å²) in [5, 5.41) is 10.0. The molecule has 1 heterocycles. The van der Waals surface area contributed by atoms with Gasteiger partial charge in [-0.2, -0.15) is 0 Å². The quantitative estimate of drug-likeness (QED) is 0.811. The van der Waals surface area contributed by atoms with Gasteiger partial charge in [0.15, 0.2) is 5.78 Å². The van der Waals surface area contributed by atoms with Gasteiger partial charge in [0, 0.05) is 12.1 Å². The minimum Gasteiger partial charge on any atom is -0.507 e. The van der Waals surface area contributed by atoms with E-state index in [4.69, 9.17) is 5.73 Å². The number of primary amides is 1. The maximum absolute atomic E-state index is 13.5. The fourth-order valence-electron chi connectivity index (χ4n) is 2.60. The Hall–Kier alpha value is -1.95. The molecule has 1 unspecified atom stereocenters. The third kappa shape index (κ3) is 2.80. The van der Waals surface area contributed by atoms with E-state index in [1.54, 1.807) is 4.90 Å². The van der Waals surface area contributed by atoms with Crippen LogP contribution in [0.1, 0.15) is 35.7 Å². The summed E-state index contributed by atoms with van der Waals surface area (Å²) < 4.78 is 13.5. The number of rotatable bonds is 4. The highest BCUT2D eigenvalue weighted by Gasteiger charge is 2.29. The predicted molar refractivity (Wildman–Crippen MR) is 70.7 cm³/mol. The average molecular weight is 280 g/mol. The van der Waals surface area contributed by atoms with Gasteiger partial charge >= 0.3 is 0 Å². The van der Waals surface area contributed by atoms with Gasteiger partial charge in [0.25, 0.3) is 0 Å². The van der Waals surface area contributed by atoms with Gasteiger partial charge in [-0.15, -0.1) is 0 Å². The first-order chi connectivity index (χ1) is 9.40. The van der Waals surface area contributed by atoms with Crippen molar-refractivity contribution < 1.29 is 19.1 Å². The Labute approximate surface area is 116 Å². The van der Waals surface area contributed by atoms with Crippen LogP contribution < -0.4 is 5.73 Å². The lowest BCUT2D eigenvalue weighted by atomic mass is 10.0. The molecule has 1 amide bonds. The van der Waals surface area contributed by atoms with E-state index in [0.29, 0.717) is 18.5 Å². The average Bonchev–Trinajstić information content (AvgIpc) is 2.81. The second-order valence-electron chi connectivity index (χ2n) is 5.05. The van der Waals surface area contributed by atoms with Gasteiger partial charge in [0.2, 0.25) is 5.91 Å². The number of phenolic OH excluding ortho intramolecular Hbond substituents is 1. The highest BCUT2D eigenvalue weighted by Crippen LogP contribution is 2.28. The number of hydrogen-bond donors (Lipinski definition) is 2. The zero-order valence-corrected chi connectivity index (χ0v) is 11.2. The number of carbonyl (C=O) groups excluding carboxylic acids is 2. The number of halogens is 1. The molecular weight excluding hydrogens is 263 g/mol. The first kappa shape index (κ1) is 14.5. The van der Waals surface area contributed by atoms with Crippen molar-refractivity contribution in [3.63, 3.8) is 0 Å². The molecule has 3 N–H and O–H groups in total. The maximum Gasteiger partial charge on any atom is 0.234 e. The number of amides is 1. The van der Waals surface area contributed by atoms with Gasteiger partial charge < -0.3 is 10.8 Å². The van der Waals surface area contributed by atoms with E-state index in [1.165, 1.54) is 13.0 Å². The fraction of sp³-hybridized carbons (Fsp3) is 0.429. The number of nitrogens with two attached hydrogens (primary N) is 1. The second kappa shape index (κ2) is 5.58. The number of nitrogens with zero attached hydrogens (tertiary/aromatic N) is 1. The molecule has 0 radical (unpaired) electrons. The molecule has 0 bridgehead atoms. The Balaban J connectivity index is 2.29. The van der Waals surface area contributed by atoms with Crippen molar-refractivity contribution in [2.24, 2.45) is 5.73 Å². The number of likely N-dealkylation sites (tertiary alicyclic amines) is 1. The molecule has 1 aromatic rings. The third-order valence-corrected chi connectivity index (χ3v) is 3.60. The van der Waals surface area contributed by atoms with Crippen LogP contribution in [0.5, 0.6) is 5.75 Å². The van der Waals surface area contributed by atoms with Crippen LogP contribution in [0.15, 0.2) is 12.1 Å². The van der Waals surface area contributed by atoms with Crippen molar-refractivity contribution in [1.29, 1.82) is 0 Å². The van der Waals surface area contributed by atoms with Gasteiger partial charge in [0.05, 0.1) is 11.6 Å². The van der Waals surface area contributed by atoms with Gasteiger partial charge in [-0.3, -0.25) is 14.5 Å². The summed E-state index contributed by atoms with van der Waals surface area (Å²) in [5.74, 6) is -1.65. The van der Waals surface area contributed by atoms with E-state index in [2.05, 4.69) is 0 Å². The summed E-state index contributed by atoms with van der Waals surface area (Å²) in [4.78, 5) is 24.5. The monoisotopic (exact) mass is 280 g/mol. The molecular formula is C14H17FN2O3. The number of hydrogen-bond acceptors (Lipinski definition) is 4. The van der Waals surface area contributed by atoms with Crippen LogP contribution in [0.2, 0.25) is 0 Å². The van der Waals surface area contributed by atoms with Gasteiger partial charge in [-0.05, 0) is 38.4 Å². The Kier molecular flexibility index (Phi) is 4.04. The fourth-order valence-corrected chi connectivity index (χ4v) is 2.60. The van der Waals surface area contributed by atoms with E-state index in [0.717, 1.165) is 12.5 Å². The molecule has 1 aromatic carbocycles. The summed E-state index contributed by atoms with van der Waals surface area (Å²) in [7, 11) is 0. The van der Waals surface area contributed by atoms with Crippen LogP contribution in [-0.2, 0) is 11.3 Å². The maximum atomic E-state index is 13.5. The molecule has 5 nitrogen and oxygen atoms in total. The van der Waals surface area contributed by atoms with Gasteiger partial charge in [-0.1, -0.05) is 0 Å². The van der Waals surface area contributed by atoms with Crippen molar-refractivity contribution in [3.05, 3.63) is 29.1 Å². The Morgan fingerprint density at radius 2 is 2.20 bits per heavy atom. The summed E-state index contributed by atoms with van der Waals surface area (Å²) in [5.41, 5.74) is 5.56. The minimum absolute atomic E-state index is 0.0465. The highest BCUT2D eigenvalue weighted by atomic mass is 19.1. The third-order valence-electron chi connectivity index (χ3n) is 3.60. The molecule has 1 fully saturated rings. The number of Topliss-reactive ketones (excluding diaryl/α,β-unsaturated/α-hetero) is 1. The van der Waals surface area contributed by atoms with Gasteiger partial charge in [-0.25, -0.2) is 4.39 Å². The number of carbonyl (C=O) groups is 2. The first-order valence-corrected chi connectivity index (χ1v) is 6.46. The number of aromatic hydroxyl groups is 1. The van der Waals surface area contributed by atoms with Crippen molar-refractivity contribution in [2.45, 2.75) is 32.4 Å². The smallest absolute Gasteiger partial charge is 0.234 e. The van der Waals surface area contributed by atoms with Crippen LogP contribution in [0.4, 0.5) is 4.39 Å². The molecule has 108 valence electrons. The normalized spacial score (nSPS) is 19.2. The molecule has 0 aromatic heterocycles. The summed E-state index contributed by atoms with van der Waals surface area (Å²) in [6.07, 6.45) is 1.48. The zero-order valence-electron chi connectivity index (χ0n) is 11.2. The molecule has 0 saturated carbocycles. The van der Waals surface area contributed by atoms with Crippen molar-refractivity contribution in [1.82, 2.24) is 4.90 Å². The van der Waals surface area contributed by atoms with Crippen LogP contribution in [-0.4, -0.2) is 34.3 Å². The molecule has 1 saturated heterocycles. The number of ketones is 1. The molecule has 1 atom stereocenters. The highest BCUT2D eigenvalue weighted by molar-refractivity contribution is 5.97. The van der Waals surface area contributed by atoms with E-state index in [9.17, 15) is 19.1 Å². The van der Waals surface area contributed by atoms with E-state index in [1.807, 2.05) is 0 Å². The van der Waals surface area contributed by atoms with Crippen LogP contribution >= 0.6 is 0 Å². The Bertz CT molecular complexity index is 560. The summed E-state index contributed by atoms with van der Waals surface area (Å²) in [6.45, 7) is 2.11. The molecule has 1 aliphatic heterocycles. The van der Waals surface area contributed by atoms with Crippen LogP contribution in [0, 0.1) is 5.82 Å². The Morgan fingerprint density at radius 3 is 2.80 bits per heavy atom. The predicted octanol–water partition coefficient (Wildman–Crippen LogP) is 1.18. The molecule has 20 heavy (non-hydrogen) atoms. The van der Waals surface area contributed by atoms with Crippen molar-refractivity contribution in [3.8, 4) is 5.75 Å². The molecule has 2 rings (SSSR count). The molecule has 6 heteroatoms. The molecule has 0 spiro atoms. The lowest BCUT2D eigenvalue weighted by Gasteiger charge is -2.22. The number of phenols is 1. The van der Waals surface area contributed by atoms with Crippen molar-refractivity contribution >= 4 is 11.7 Å². The van der Waals surface area contributed by atoms with E-state index >= 15 is 0 Å². The zero-order chi connectivity index (χ0) is 14.9. The van der Waals surface area contributed by atoms with E-state index in [-0.39, 0.29) is 17.9 Å².